The number of nitrogens with zero attached hydrogens (tertiary/aromatic N) is 3. The maximum absolute atomic E-state index is 4.77. The van der Waals surface area contributed by atoms with Crippen molar-refractivity contribution < 1.29 is 0 Å². The summed E-state index contributed by atoms with van der Waals surface area (Å²) in [5, 5.41) is 1.04. The van der Waals surface area contributed by atoms with Gasteiger partial charge in [-0.2, -0.15) is 0 Å². The Morgan fingerprint density at radius 3 is 2.44 bits per heavy atom. The van der Waals surface area contributed by atoms with Gasteiger partial charge in [-0.1, -0.05) is 68.8 Å². The van der Waals surface area contributed by atoms with Gasteiger partial charge >= 0.3 is 0 Å². The van der Waals surface area contributed by atoms with E-state index in [0.29, 0.717) is 5.95 Å². The summed E-state index contributed by atoms with van der Waals surface area (Å²) in [6, 6.07) is 15.6. The van der Waals surface area contributed by atoms with Gasteiger partial charge in [-0.05, 0) is 72.6 Å². The molecule has 3 nitrogen and oxygen atoms in total. The molecule has 0 bridgehead atoms. The standard InChI is InChI=1S/C29H33N3/c1-5-7-8-27(6-2)32(4)29-30-20-26-19-25(17-18-28(26)31-29)24-15-13-23(14-16-24)22-11-9-21(3)10-12-22/h5-8,13-22H,2,9-12H2,1,3-4H3/b7-5-,27-8+. The number of hydrogen-bond donors (Lipinski definition) is 0. The predicted octanol–water partition coefficient (Wildman–Crippen LogP) is 7.67. The second-order valence-electron chi connectivity index (χ2n) is 8.90. The molecule has 0 spiro atoms. The molecule has 0 saturated heterocycles. The Morgan fingerprint density at radius 2 is 1.75 bits per heavy atom. The van der Waals surface area contributed by atoms with Crippen LogP contribution in [-0.2, 0) is 0 Å². The minimum absolute atomic E-state index is 0.659. The first-order valence-corrected chi connectivity index (χ1v) is 11.7. The maximum Gasteiger partial charge on any atom is 0.230 e. The zero-order chi connectivity index (χ0) is 22.5. The van der Waals surface area contributed by atoms with Crippen LogP contribution in [0, 0.1) is 5.92 Å². The van der Waals surface area contributed by atoms with E-state index in [4.69, 9.17) is 4.98 Å². The van der Waals surface area contributed by atoms with Crippen molar-refractivity contribution in [2.45, 2.75) is 45.4 Å². The summed E-state index contributed by atoms with van der Waals surface area (Å²) in [5.74, 6) is 2.27. The van der Waals surface area contributed by atoms with Crippen LogP contribution in [0.1, 0.15) is 51.0 Å². The van der Waals surface area contributed by atoms with Crippen molar-refractivity contribution in [3.8, 4) is 11.1 Å². The van der Waals surface area contributed by atoms with E-state index < -0.39 is 0 Å². The molecule has 1 aliphatic carbocycles. The van der Waals surface area contributed by atoms with Crippen LogP contribution in [0.2, 0.25) is 0 Å². The van der Waals surface area contributed by atoms with Crippen molar-refractivity contribution in [3.05, 3.63) is 90.8 Å². The molecule has 164 valence electrons. The first kappa shape index (κ1) is 22.0. The van der Waals surface area contributed by atoms with E-state index in [1.807, 2.05) is 49.4 Å². The maximum atomic E-state index is 4.77. The molecule has 2 aromatic carbocycles. The van der Waals surface area contributed by atoms with Gasteiger partial charge in [0, 0.05) is 24.3 Å². The Hall–Kier alpha value is -3.20. The van der Waals surface area contributed by atoms with Crippen LogP contribution in [0.3, 0.4) is 0 Å². The zero-order valence-corrected chi connectivity index (χ0v) is 19.5. The zero-order valence-electron chi connectivity index (χ0n) is 19.5. The molecule has 0 radical (unpaired) electrons. The van der Waals surface area contributed by atoms with Crippen molar-refractivity contribution in [1.82, 2.24) is 9.97 Å². The van der Waals surface area contributed by atoms with Crippen LogP contribution >= 0.6 is 0 Å². The van der Waals surface area contributed by atoms with E-state index in [0.717, 1.165) is 28.4 Å². The van der Waals surface area contributed by atoms with Gasteiger partial charge in [0.25, 0.3) is 0 Å². The third-order valence-corrected chi connectivity index (χ3v) is 6.65. The van der Waals surface area contributed by atoms with Gasteiger partial charge in [0.2, 0.25) is 5.95 Å². The van der Waals surface area contributed by atoms with Crippen molar-refractivity contribution >= 4 is 16.9 Å². The van der Waals surface area contributed by atoms with Gasteiger partial charge < -0.3 is 4.90 Å². The highest BCUT2D eigenvalue weighted by molar-refractivity contribution is 5.84. The molecule has 4 rings (SSSR count). The number of benzene rings is 2. The van der Waals surface area contributed by atoms with Crippen molar-refractivity contribution in [2.75, 3.05) is 11.9 Å². The largest absolute Gasteiger partial charge is 0.314 e. The average Bonchev–Trinajstić information content (AvgIpc) is 2.84. The lowest BCUT2D eigenvalue weighted by Gasteiger charge is -2.26. The molecule has 0 unspecified atom stereocenters. The predicted molar refractivity (Wildman–Crippen MR) is 137 cm³/mol. The second kappa shape index (κ2) is 9.95. The molecular weight excluding hydrogens is 390 g/mol. The van der Waals surface area contributed by atoms with Crippen LogP contribution in [-0.4, -0.2) is 17.0 Å². The Labute approximate surface area is 192 Å². The fourth-order valence-electron chi connectivity index (χ4n) is 4.53. The molecule has 0 aliphatic heterocycles. The molecule has 1 heterocycles. The van der Waals surface area contributed by atoms with Crippen molar-refractivity contribution in [2.24, 2.45) is 5.92 Å². The van der Waals surface area contributed by atoms with E-state index >= 15 is 0 Å². The Bertz CT molecular complexity index is 1130. The molecule has 3 aromatic rings. The molecule has 1 fully saturated rings. The van der Waals surface area contributed by atoms with E-state index in [1.165, 1.54) is 42.4 Å². The van der Waals surface area contributed by atoms with E-state index in [2.05, 4.69) is 61.0 Å². The van der Waals surface area contributed by atoms with Crippen LogP contribution in [0.25, 0.3) is 22.0 Å². The highest BCUT2D eigenvalue weighted by Crippen LogP contribution is 2.36. The van der Waals surface area contributed by atoms with Gasteiger partial charge in [-0.3, -0.25) is 0 Å². The fraction of sp³-hybridized carbons (Fsp3) is 0.310. The molecule has 32 heavy (non-hydrogen) atoms. The lowest BCUT2D eigenvalue weighted by atomic mass is 9.79. The first-order valence-electron chi connectivity index (χ1n) is 11.7. The first-order chi connectivity index (χ1) is 15.6. The summed E-state index contributed by atoms with van der Waals surface area (Å²) in [6.45, 7) is 8.28. The van der Waals surface area contributed by atoms with Gasteiger partial charge in [-0.15, -0.1) is 0 Å². The fourth-order valence-corrected chi connectivity index (χ4v) is 4.53. The quantitative estimate of drug-likeness (QED) is 0.381. The van der Waals surface area contributed by atoms with Crippen LogP contribution in [0.4, 0.5) is 5.95 Å². The minimum Gasteiger partial charge on any atom is -0.314 e. The molecule has 3 heteroatoms. The number of likely N-dealkylation sites (N-methyl/N-ethyl adjacent to an activating group) is 1. The number of rotatable bonds is 6. The number of allylic oxidation sites excluding steroid dienone is 4. The van der Waals surface area contributed by atoms with Crippen LogP contribution in [0.15, 0.2) is 85.2 Å². The number of fused-ring (bicyclic) bond motifs is 1. The van der Waals surface area contributed by atoms with Crippen LogP contribution in [0.5, 0.6) is 0 Å². The Kier molecular flexibility index (Phi) is 6.84. The van der Waals surface area contributed by atoms with Gasteiger partial charge in [-0.25, -0.2) is 9.97 Å². The molecule has 0 atom stereocenters. The smallest absolute Gasteiger partial charge is 0.230 e. The molecular formula is C29H33N3. The monoisotopic (exact) mass is 423 g/mol. The molecule has 1 aliphatic rings. The molecule has 1 saturated carbocycles. The molecule has 0 amide bonds. The summed E-state index contributed by atoms with van der Waals surface area (Å²) in [7, 11) is 1.96. The minimum atomic E-state index is 0.659. The van der Waals surface area contributed by atoms with E-state index in [-0.39, 0.29) is 0 Å². The number of hydrogen-bond acceptors (Lipinski definition) is 3. The second-order valence-corrected chi connectivity index (χ2v) is 8.90. The summed E-state index contributed by atoms with van der Waals surface area (Å²) in [6.07, 6.45) is 15.1. The summed E-state index contributed by atoms with van der Waals surface area (Å²) in [5.41, 5.74) is 5.82. The number of anilines is 1. The van der Waals surface area contributed by atoms with E-state index in [1.54, 1.807) is 0 Å². The molecule has 0 N–H and O–H groups in total. The van der Waals surface area contributed by atoms with Gasteiger partial charge in [0.15, 0.2) is 0 Å². The summed E-state index contributed by atoms with van der Waals surface area (Å²) >= 11 is 0. The summed E-state index contributed by atoms with van der Waals surface area (Å²) in [4.78, 5) is 11.3. The van der Waals surface area contributed by atoms with Gasteiger partial charge in [0.05, 0.1) is 5.52 Å². The third-order valence-electron chi connectivity index (χ3n) is 6.65. The summed E-state index contributed by atoms with van der Waals surface area (Å²) < 4.78 is 0. The van der Waals surface area contributed by atoms with E-state index in [9.17, 15) is 0 Å². The van der Waals surface area contributed by atoms with Crippen LogP contribution < -0.4 is 4.90 Å². The lowest BCUT2D eigenvalue weighted by Crippen LogP contribution is -2.17. The van der Waals surface area contributed by atoms with Crippen molar-refractivity contribution in [1.29, 1.82) is 0 Å². The molecule has 1 aromatic heterocycles. The Balaban J connectivity index is 1.55. The average molecular weight is 424 g/mol. The highest BCUT2D eigenvalue weighted by Gasteiger charge is 2.19. The topological polar surface area (TPSA) is 29.0 Å². The Morgan fingerprint density at radius 1 is 1.03 bits per heavy atom. The van der Waals surface area contributed by atoms with Crippen molar-refractivity contribution in [3.63, 3.8) is 0 Å². The van der Waals surface area contributed by atoms with Gasteiger partial charge in [0.1, 0.15) is 0 Å². The normalized spacial score (nSPS) is 19.4. The number of aromatic nitrogens is 2. The highest BCUT2D eigenvalue weighted by atomic mass is 15.2. The third kappa shape index (κ3) is 4.83. The SMILES string of the molecule is C=C/C(=C\C=C/C)N(C)c1ncc2cc(-c3ccc(C4CCC(C)CC4)cc3)ccc2n1. The lowest BCUT2D eigenvalue weighted by molar-refractivity contribution is 0.348.